The largest absolute Gasteiger partial charge is 0.508 e. The summed E-state index contributed by atoms with van der Waals surface area (Å²) in [6, 6.07) is 3.24. The van der Waals surface area contributed by atoms with Crippen molar-refractivity contribution in [2.45, 2.75) is 13.8 Å². The van der Waals surface area contributed by atoms with Crippen LogP contribution in [-0.2, 0) is 0 Å². The van der Waals surface area contributed by atoms with Gasteiger partial charge in [0.15, 0.2) is 0 Å². The quantitative estimate of drug-likeness (QED) is 0.613. The van der Waals surface area contributed by atoms with Gasteiger partial charge in [0, 0.05) is 5.02 Å². The van der Waals surface area contributed by atoms with Crippen LogP contribution in [0.1, 0.15) is 11.1 Å². The average Bonchev–Trinajstić information content (AvgIpc) is 1.82. The average molecular weight is 157 g/mol. The summed E-state index contributed by atoms with van der Waals surface area (Å²) in [7, 11) is 0. The Morgan fingerprint density at radius 1 is 1.30 bits per heavy atom. The first-order chi connectivity index (χ1) is 4.61. The summed E-state index contributed by atoms with van der Waals surface area (Å²) in [5.41, 5.74) is 2.05. The standard InChI is InChI=1S/C8H9ClO/c1-5-3-7(10)4-8(9)6(5)2/h3-4,10H,1-2H3. The van der Waals surface area contributed by atoms with Gasteiger partial charge in [0.2, 0.25) is 0 Å². The Kier molecular flexibility index (Phi) is 1.86. The van der Waals surface area contributed by atoms with Gasteiger partial charge in [-0.05, 0) is 37.1 Å². The second-order valence-electron chi connectivity index (χ2n) is 2.37. The van der Waals surface area contributed by atoms with E-state index in [9.17, 15) is 0 Å². The molecule has 0 unspecified atom stereocenters. The summed E-state index contributed by atoms with van der Waals surface area (Å²) in [6.07, 6.45) is 0. The van der Waals surface area contributed by atoms with Gasteiger partial charge in [0.25, 0.3) is 0 Å². The normalized spacial score (nSPS) is 9.90. The SMILES string of the molecule is Cc1cc(O)cc(Cl)c1C. The molecule has 0 aliphatic heterocycles. The third kappa shape index (κ3) is 1.24. The predicted molar refractivity (Wildman–Crippen MR) is 42.6 cm³/mol. The van der Waals surface area contributed by atoms with Crippen LogP contribution in [0.25, 0.3) is 0 Å². The van der Waals surface area contributed by atoms with Gasteiger partial charge in [-0.15, -0.1) is 0 Å². The molecule has 0 spiro atoms. The third-order valence-corrected chi connectivity index (χ3v) is 1.98. The summed E-state index contributed by atoms with van der Waals surface area (Å²) >= 11 is 5.76. The first-order valence-corrected chi connectivity index (χ1v) is 3.45. The van der Waals surface area contributed by atoms with Crippen molar-refractivity contribution in [2.24, 2.45) is 0 Å². The lowest BCUT2D eigenvalue weighted by molar-refractivity contribution is 0.475. The van der Waals surface area contributed by atoms with Crippen LogP contribution >= 0.6 is 11.6 Å². The number of phenolic OH excluding ortho intramolecular Hbond substituents is 1. The Hall–Kier alpha value is -0.690. The molecule has 1 aromatic carbocycles. The van der Waals surface area contributed by atoms with Crippen molar-refractivity contribution in [3.8, 4) is 5.75 Å². The van der Waals surface area contributed by atoms with Crippen LogP contribution in [0.15, 0.2) is 12.1 Å². The van der Waals surface area contributed by atoms with Gasteiger partial charge in [0.05, 0.1) is 0 Å². The highest BCUT2D eigenvalue weighted by Crippen LogP contribution is 2.24. The van der Waals surface area contributed by atoms with Crippen molar-refractivity contribution >= 4 is 11.6 Å². The molecule has 1 N–H and O–H groups in total. The molecule has 0 heterocycles. The van der Waals surface area contributed by atoms with E-state index in [4.69, 9.17) is 16.7 Å². The fraction of sp³-hybridized carbons (Fsp3) is 0.250. The lowest BCUT2D eigenvalue weighted by Crippen LogP contribution is -1.80. The van der Waals surface area contributed by atoms with Gasteiger partial charge in [-0.2, -0.15) is 0 Å². The molecule has 10 heavy (non-hydrogen) atoms. The Bertz CT molecular complexity index is 232. The summed E-state index contributed by atoms with van der Waals surface area (Å²) in [5, 5.41) is 9.66. The van der Waals surface area contributed by atoms with E-state index in [1.54, 1.807) is 12.1 Å². The van der Waals surface area contributed by atoms with Crippen molar-refractivity contribution in [3.05, 3.63) is 28.3 Å². The number of benzene rings is 1. The number of hydrogen-bond donors (Lipinski definition) is 1. The lowest BCUT2D eigenvalue weighted by Gasteiger charge is -2.02. The van der Waals surface area contributed by atoms with E-state index in [2.05, 4.69) is 0 Å². The number of aromatic hydroxyl groups is 1. The maximum Gasteiger partial charge on any atom is 0.117 e. The molecule has 1 rings (SSSR count). The minimum absolute atomic E-state index is 0.230. The molecule has 0 saturated heterocycles. The molecule has 0 saturated carbocycles. The van der Waals surface area contributed by atoms with Crippen LogP contribution in [0.3, 0.4) is 0 Å². The Balaban J connectivity index is 3.31. The van der Waals surface area contributed by atoms with Crippen molar-refractivity contribution in [2.75, 3.05) is 0 Å². The van der Waals surface area contributed by atoms with Gasteiger partial charge in [-0.1, -0.05) is 11.6 Å². The molecule has 2 heteroatoms. The number of halogens is 1. The molecule has 54 valence electrons. The zero-order valence-corrected chi connectivity index (χ0v) is 6.74. The summed E-state index contributed by atoms with van der Waals surface area (Å²) in [5.74, 6) is 0.230. The van der Waals surface area contributed by atoms with Crippen LogP contribution < -0.4 is 0 Å². The molecule has 1 aromatic rings. The monoisotopic (exact) mass is 156 g/mol. The van der Waals surface area contributed by atoms with E-state index in [1.807, 2.05) is 13.8 Å². The van der Waals surface area contributed by atoms with Crippen LogP contribution in [0.4, 0.5) is 0 Å². The number of aryl methyl sites for hydroxylation is 1. The maximum atomic E-state index is 9.03. The van der Waals surface area contributed by atoms with E-state index < -0.39 is 0 Å². The van der Waals surface area contributed by atoms with Crippen LogP contribution in [0.2, 0.25) is 5.02 Å². The molecule has 0 amide bonds. The molecule has 0 aliphatic rings. The first kappa shape index (κ1) is 7.42. The van der Waals surface area contributed by atoms with E-state index in [0.29, 0.717) is 5.02 Å². The van der Waals surface area contributed by atoms with Crippen LogP contribution in [0.5, 0.6) is 5.75 Å². The van der Waals surface area contributed by atoms with E-state index in [1.165, 1.54) is 0 Å². The molecule has 0 radical (unpaired) electrons. The van der Waals surface area contributed by atoms with Crippen molar-refractivity contribution < 1.29 is 5.11 Å². The van der Waals surface area contributed by atoms with Gasteiger partial charge >= 0.3 is 0 Å². The topological polar surface area (TPSA) is 20.2 Å². The minimum atomic E-state index is 0.230. The fourth-order valence-corrected chi connectivity index (χ4v) is 1.06. The number of hydrogen-bond acceptors (Lipinski definition) is 1. The first-order valence-electron chi connectivity index (χ1n) is 3.07. The molecule has 0 bridgehead atoms. The third-order valence-electron chi connectivity index (χ3n) is 1.59. The van der Waals surface area contributed by atoms with Crippen molar-refractivity contribution in [3.63, 3.8) is 0 Å². The summed E-state index contributed by atoms with van der Waals surface area (Å²) in [4.78, 5) is 0. The molecular formula is C8H9ClO. The highest BCUT2D eigenvalue weighted by Gasteiger charge is 1.99. The Morgan fingerprint density at radius 3 is 2.40 bits per heavy atom. The number of rotatable bonds is 0. The Labute approximate surface area is 65.3 Å². The highest BCUT2D eigenvalue weighted by atomic mass is 35.5. The highest BCUT2D eigenvalue weighted by molar-refractivity contribution is 6.31. The summed E-state index contributed by atoms with van der Waals surface area (Å²) < 4.78 is 0. The smallest absolute Gasteiger partial charge is 0.117 e. The molecule has 0 aromatic heterocycles. The molecule has 0 fully saturated rings. The van der Waals surface area contributed by atoms with Gasteiger partial charge in [-0.3, -0.25) is 0 Å². The predicted octanol–water partition coefficient (Wildman–Crippen LogP) is 2.66. The van der Waals surface area contributed by atoms with Crippen molar-refractivity contribution in [1.29, 1.82) is 0 Å². The Morgan fingerprint density at radius 2 is 1.90 bits per heavy atom. The molecule has 1 nitrogen and oxygen atoms in total. The van der Waals surface area contributed by atoms with Crippen LogP contribution in [-0.4, -0.2) is 5.11 Å². The minimum Gasteiger partial charge on any atom is -0.508 e. The number of phenols is 1. The zero-order chi connectivity index (χ0) is 7.72. The van der Waals surface area contributed by atoms with Crippen LogP contribution in [0, 0.1) is 13.8 Å². The zero-order valence-electron chi connectivity index (χ0n) is 5.98. The van der Waals surface area contributed by atoms with Crippen molar-refractivity contribution in [1.82, 2.24) is 0 Å². The molecular weight excluding hydrogens is 148 g/mol. The maximum absolute atomic E-state index is 9.03. The molecule has 0 aliphatic carbocycles. The van der Waals surface area contributed by atoms with E-state index >= 15 is 0 Å². The second kappa shape index (κ2) is 2.51. The van der Waals surface area contributed by atoms with E-state index in [-0.39, 0.29) is 5.75 Å². The second-order valence-corrected chi connectivity index (χ2v) is 2.78. The van der Waals surface area contributed by atoms with E-state index in [0.717, 1.165) is 11.1 Å². The van der Waals surface area contributed by atoms with Gasteiger partial charge < -0.3 is 5.11 Å². The summed E-state index contributed by atoms with van der Waals surface area (Å²) in [6.45, 7) is 3.85. The van der Waals surface area contributed by atoms with Gasteiger partial charge in [0.1, 0.15) is 5.75 Å². The fourth-order valence-electron chi connectivity index (χ4n) is 0.798. The lowest BCUT2D eigenvalue weighted by atomic mass is 10.1. The molecule has 0 atom stereocenters. The van der Waals surface area contributed by atoms with Gasteiger partial charge in [-0.25, -0.2) is 0 Å².